The van der Waals surface area contributed by atoms with Gasteiger partial charge in [0.2, 0.25) is 11.8 Å². The van der Waals surface area contributed by atoms with E-state index in [1.807, 2.05) is 6.07 Å². The number of ether oxygens (including phenoxy) is 3. The van der Waals surface area contributed by atoms with Crippen LogP contribution in [0.3, 0.4) is 0 Å². The maximum absolute atomic E-state index is 13.9. The molecule has 0 amide bonds. The van der Waals surface area contributed by atoms with Gasteiger partial charge in [0.05, 0.1) is 31.9 Å². The average molecular weight is 484 g/mol. The van der Waals surface area contributed by atoms with Crippen molar-refractivity contribution in [3.63, 3.8) is 0 Å². The van der Waals surface area contributed by atoms with Gasteiger partial charge >= 0.3 is 5.69 Å². The van der Waals surface area contributed by atoms with Crippen LogP contribution in [0.4, 0.5) is 21.7 Å². The highest BCUT2D eigenvalue weighted by Crippen LogP contribution is 2.36. The molecule has 0 aliphatic heterocycles. The zero-order valence-corrected chi connectivity index (χ0v) is 18.9. The van der Waals surface area contributed by atoms with E-state index in [2.05, 4.69) is 25.5 Å². The molecule has 2 aromatic carbocycles. The normalized spacial score (nSPS) is 10.6. The Morgan fingerprint density at radius 3 is 2.41 bits per heavy atom. The third kappa shape index (κ3) is 4.54. The van der Waals surface area contributed by atoms with Crippen LogP contribution in [0.25, 0.3) is 21.3 Å². The highest BCUT2D eigenvalue weighted by Gasteiger charge is 2.20. The second-order valence-corrected chi connectivity index (χ2v) is 7.61. The Labute approximate surface area is 196 Å². The molecule has 0 spiro atoms. The Balaban J connectivity index is 1.63. The van der Waals surface area contributed by atoms with Gasteiger partial charge in [-0.3, -0.25) is 10.1 Å². The molecule has 0 bridgehead atoms. The highest BCUT2D eigenvalue weighted by molar-refractivity contribution is 7.17. The quantitative estimate of drug-likeness (QED) is 0.282. The van der Waals surface area contributed by atoms with Crippen molar-refractivity contribution in [1.82, 2.24) is 20.2 Å². The number of halogens is 1. The molecule has 1 N–H and O–H groups in total. The molecule has 2 heterocycles. The number of nitro benzene ring substituents is 1. The molecule has 0 atom stereocenters. The monoisotopic (exact) mass is 484 g/mol. The number of hydrogen-bond donors (Lipinski definition) is 1. The largest absolute Gasteiger partial charge is 0.494 e. The van der Waals surface area contributed by atoms with Gasteiger partial charge in [-0.1, -0.05) is 11.3 Å². The summed E-state index contributed by atoms with van der Waals surface area (Å²) >= 11 is 1.30. The molecule has 34 heavy (non-hydrogen) atoms. The lowest BCUT2D eigenvalue weighted by Crippen LogP contribution is -2.02. The van der Waals surface area contributed by atoms with E-state index in [1.54, 1.807) is 32.4 Å². The second kappa shape index (κ2) is 9.62. The molecule has 0 aliphatic carbocycles. The van der Waals surface area contributed by atoms with Crippen LogP contribution in [0.5, 0.6) is 17.2 Å². The van der Waals surface area contributed by atoms with Crippen LogP contribution < -0.4 is 19.5 Å². The van der Waals surface area contributed by atoms with Crippen molar-refractivity contribution >= 4 is 28.7 Å². The summed E-state index contributed by atoms with van der Waals surface area (Å²) in [5.74, 6) is 0.313. The maximum Gasteiger partial charge on any atom is 0.307 e. The van der Waals surface area contributed by atoms with Crippen LogP contribution in [-0.4, -0.2) is 46.4 Å². The lowest BCUT2D eigenvalue weighted by atomic mass is 10.2. The lowest BCUT2D eigenvalue weighted by molar-refractivity contribution is -0.387. The molecule has 0 radical (unpaired) electrons. The molecule has 0 unspecified atom stereocenters. The van der Waals surface area contributed by atoms with Gasteiger partial charge < -0.3 is 19.5 Å². The van der Waals surface area contributed by atoms with Gasteiger partial charge in [-0.15, -0.1) is 10.2 Å². The van der Waals surface area contributed by atoms with E-state index in [0.717, 1.165) is 17.7 Å². The van der Waals surface area contributed by atoms with Crippen LogP contribution in [0.1, 0.15) is 0 Å². The molecule has 13 heteroatoms. The predicted molar refractivity (Wildman–Crippen MR) is 122 cm³/mol. The molecule has 0 saturated carbocycles. The van der Waals surface area contributed by atoms with Gasteiger partial charge in [0.15, 0.2) is 16.5 Å². The number of hydrogen-bond acceptors (Lipinski definition) is 11. The molecule has 4 rings (SSSR count). The van der Waals surface area contributed by atoms with E-state index in [1.165, 1.54) is 24.6 Å². The minimum atomic E-state index is -1.02. The summed E-state index contributed by atoms with van der Waals surface area (Å²) in [6, 6.07) is 9.00. The summed E-state index contributed by atoms with van der Waals surface area (Å²) in [4.78, 5) is 18.8. The van der Waals surface area contributed by atoms with E-state index in [0.29, 0.717) is 27.2 Å². The molecular formula is C21H17FN6O5S. The predicted octanol–water partition coefficient (Wildman–Crippen LogP) is 4.48. The lowest BCUT2D eigenvalue weighted by Gasteiger charge is -2.10. The van der Waals surface area contributed by atoms with Crippen LogP contribution in [0.2, 0.25) is 0 Å². The molecule has 11 nitrogen and oxygen atoms in total. The van der Waals surface area contributed by atoms with E-state index >= 15 is 0 Å². The zero-order valence-electron chi connectivity index (χ0n) is 18.1. The number of nitrogens with one attached hydrogen (secondary N) is 1. The van der Waals surface area contributed by atoms with E-state index in [-0.39, 0.29) is 17.4 Å². The summed E-state index contributed by atoms with van der Waals surface area (Å²) in [7, 11) is 4.42. The second-order valence-electron chi connectivity index (χ2n) is 6.63. The van der Waals surface area contributed by atoms with E-state index in [4.69, 9.17) is 14.2 Å². The minimum Gasteiger partial charge on any atom is -0.494 e. The van der Waals surface area contributed by atoms with E-state index in [9.17, 15) is 14.5 Å². The zero-order chi connectivity index (χ0) is 24.2. The summed E-state index contributed by atoms with van der Waals surface area (Å²) in [6.07, 6.45) is 1.49. The third-order valence-electron chi connectivity index (χ3n) is 4.64. The average Bonchev–Trinajstić information content (AvgIpc) is 3.35. The van der Waals surface area contributed by atoms with Crippen molar-refractivity contribution in [2.75, 3.05) is 26.6 Å². The first-order chi connectivity index (χ1) is 16.4. The van der Waals surface area contributed by atoms with Gasteiger partial charge in [0, 0.05) is 23.9 Å². The summed E-state index contributed by atoms with van der Waals surface area (Å²) in [5, 5.41) is 23.5. The summed E-state index contributed by atoms with van der Waals surface area (Å²) in [5.41, 5.74) is 0.689. The molecule has 0 fully saturated rings. The Morgan fingerprint density at radius 2 is 1.71 bits per heavy atom. The molecule has 174 valence electrons. The van der Waals surface area contributed by atoms with Crippen molar-refractivity contribution in [2.45, 2.75) is 0 Å². The molecule has 0 saturated heterocycles. The van der Waals surface area contributed by atoms with Crippen LogP contribution in [0.15, 0.2) is 42.6 Å². The Bertz CT molecular complexity index is 1370. The maximum atomic E-state index is 13.9. The summed E-state index contributed by atoms with van der Waals surface area (Å²) in [6.45, 7) is 0. The van der Waals surface area contributed by atoms with Crippen molar-refractivity contribution in [2.24, 2.45) is 0 Å². The number of methoxy groups -OCH3 is 3. The van der Waals surface area contributed by atoms with Crippen LogP contribution >= 0.6 is 11.3 Å². The fourth-order valence-electron chi connectivity index (χ4n) is 3.02. The van der Waals surface area contributed by atoms with Crippen molar-refractivity contribution in [3.05, 3.63) is 58.5 Å². The minimum absolute atomic E-state index is 0.0590. The first-order valence-electron chi connectivity index (χ1n) is 9.61. The molecule has 4 aromatic rings. The van der Waals surface area contributed by atoms with Gasteiger partial charge in [0.25, 0.3) is 0 Å². The molecular weight excluding hydrogens is 467 g/mol. The topological polar surface area (TPSA) is 134 Å². The van der Waals surface area contributed by atoms with Crippen molar-refractivity contribution < 1.29 is 23.5 Å². The fourth-order valence-corrected chi connectivity index (χ4v) is 3.83. The van der Waals surface area contributed by atoms with Gasteiger partial charge in [0.1, 0.15) is 16.5 Å². The third-order valence-corrected chi connectivity index (χ3v) is 5.64. The molecule has 2 aromatic heterocycles. The fraction of sp³-hybridized carbons (Fsp3) is 0.143. The first-order valence-corrected chi connectivity index (χ1v) is 10.4. The molecule has 0 aliphatic rings. The van der Waals surface area contributed by atoms with Crippen LogP contribution in [0, 0.1) is 15.9 Å². The smallest absolute Gasteiger partial charge is 0.307 e. The number of benzene rings is 2. The number of nitrogens with zero attached hydrogens (tertiary/aromatic N) is 5. The number of anilines is 2. The Morgan fingerprint density at radius 1 is 0.971 bits per heavy atom. The van der Waals surface area contributed by atoms with Crippen molar-refractivity contribution in [3.8, 4) is 38.5 Å². The standard InChI is InChI=1S/C21H17FN6O5S/c1-31-16-5-4-11(8-18(16)33-3)19-26-27-20(34-19)13-6-7-23-21(24-13)25-14-10-15(28(29)30)12(22)9-17(14)32-2/h4-10H,1-3H3,(H,23,24,25). The summed E-state index contributed by atoms with van der Waals surface area (Å²) < 4.78 is 29.6. The van der Waals surface area contributed by atoms with Crippen LogP contribution in [-0.2, 0) is 0 Å². The number of nitro groups is 1. The van der Waals surface area contributed by atoms with Gasteiger partial charge in [-0.05, 0) is 24.3 Å². The van der Waals surface area contributed by atoms with Crippen molar-refractivity contribution in [1.29, 1.82) is 0 Å². The Hall–Kier alpha value is -4.39. The van der Waals surface area contributed by atoms with Gasteiger partial charge in [-0.25, -0.2) is 9.97 Å². The van der Waals surface area contributed by atoms with E-state index < -0.39 is 16.4 Å². The number of rotatable bonds is 8. The number of aromatic nitrogens is 4. The Kier molecular flexibility index (Phi) is 6.45. The highest BCUT2D eigenvalue weighted by atomic mass is 32.1. The SMILES string of the molecule is COc1cc(F)c([N+](=O)[O-])cc1Nc1nccc(-c2nnc(-c3ccc(OC)c(OC)c3)s2)n1. The first kappa shape index (κ1) is 22.8. The van der Waals surface area contributed by atoms with Gasteiger partial charge in [-0.2, -0.15) is 4.39 Å².